The number of nitrogens with zero attached hydrogens (tertiary/aromatic N) is 1. The van der Waals surface area contributed by atoms with E-state index in [1.165, 1.54) is 6.92 Å². The van der Waals surface area contributed by atoms with Gasteiger partial charge in [-0.1, -0.05) is 6.92 Å². The van der Waals surface area contributed by atoms with Crippen LogP contribution in [0.4, 0.5) is 0 Å². The minimum absolute atomic E-state index is 0.110. The van der Waals surface area contributed by atoms with Crippen molar-refractivity contribution in [3.05, 3.63) is 46.7 Å². The van der Waals surface area contributed by atoms with Crippen molar-refractivity contribution in [2.24, 2.45) is 0 Å². The van der Waals surface area contributed by atoms with E-state index in [1.54, 1.807) is 37.1 Å². The summed E-state index contributed by atoms with van der Waals surface area (Å²) in [7, 11) is 0. The highest BCUT2D eigenvalue weighted by atomic mass is 16.3. The molecule has 6 heteroatoms. The number of amides is 1. The number of aromatic amines is 1. The number of carbonyl (C=O) groups is 2. The Morgan fingerprint density at radius 2 is 2.08 bits per heavy atom. The van der Waals surface area contributed by atoms with E-state index < -0.39 is 0 Å². The van der Waals surface area contributed by atoms with Crippen LogP contribution in [-0.4, -0.2) is 39.3 Å². The van der Waals surface area contributed by atoms with Gasteiger partial charge in [-0.05, 0) is 38.0 Å². The van der Waals surface area contributed by atoms with E-state index in [9.17, 15) is 14.7 Å². The van der Waals surface area contributed by atoms with Crippen molar-refractivity contribution in [3.63, 3.8) is 0 Å². The molecule has 6 nitrogen and oxygen atoms in total. The molecule has 0 saturated heterocycles. The maximum absolute atomic E-state index is 13.1. The van der Waals surface area contributed by atoms with E-state index in [4.69, 9.17) is 4.42 Å². The summed E-state index contributed by atoms with van der Waals surface area (Å²) in [5.74, 6) is 0.320. The number of hydrogen-bond donors (Lipinski definition) is 2. The second kappa shape index (κ2) is 7.49. The number of aromatic nitrogens is 1. The van der Waals surface area contributed by atoms with Gasteiger partial charge in [-0.15, -0.1) is 0 Å². The lowest BCUT2D eigenvalue weighted by molar-refractivity contribution is 0.0543. The zero-order valence-electron chi connectivity index (χ0n) is 14.5. The standard InChI is InChI=1S/C18H24N2O4/c1-5-14(10-21)20(9-15-7-6-8-24-15)18(23)16-11(2)17(13(4)22)19-12(16)3/h6-8,14,19,21H,5,9-10H2,1-4H3/t14-/m1/s1. The number of rotatable bonds is 7. The summed E-state index contributed by atoms with van der Waals surface area (Å²) in [6.07, 6.45) is 2.17. The number of hydrogen-bond acceptors (Lipinski definition) is 4. The van der Waals surface area contributed by atoms with E-state index in [0.717, 1.165) is 0 Å². The fourth-order valence-corrected chi connectivity index (χ4v) is 2.95. The number of nitrogens with one attached hydrogen (secondary N) is 1. The Morgan fingerprint density at radius 3 is 2.54 bits per heavy atom. The Labute approximate surface area is 141 Å². The van der Waals surface area contributed by atoms with Gasteiger partial charge in [0.15, 0.2) is 5.78 Å². The second-order valence-electron chi connectivity index (χ2n) is 5.94. The van der Waals surface area contributed by atoms with E-state index in [-0.39, 0.29) is 30.9 Å². The van der Waals surface area contributed by atoms with E-state index in [2.05, 4.69) is 4.98 Å². The first-order chi connectivity index (χ1) is 11.4. The van der Waals surface area contributed by atoms with Crippen LogP contribution in [0.2, 0.25) is 0 Å². The van der Waals surface area contributed by atoms with Crippen molar-refractivity contribution < 1.29 is 19.1 Å². The van der Waals surface area contributed by atoms with Crippen LogP contribution in [0, 0.1) is 13.8 Å². The SMILES string of the molecule is CC[C@H](CO)N(Cc1ccco1)C(=O)c1c(C)[nH]c(C(C)=O)c1C. The predicted octanol–water partition coefficient (Wildman–Crippen LogP) is 2.84. The van der Waals surface area contributed by atoms with Crippen LogP contribution in [0.1, 0.15) is 58.1 Å². The monoisotopic (exact) mass is 332 g/mol. The number of Topliss-reactive ketones (excluding diaryl/α,β-unsaturated/α-hetero) is 1. The summed E-state index contributed by atoms with van der Waals surface area (Å²) in [5, 5.41) is 9.67. The second-order valence-corrected chi connectivity index (χ2v) is 5.94. The summed E-state index contributed by atoms with van der Waals surface area (Å²) >= 11 is 0. The Bertz CT molecular complexity index is 712. The summed E-state index contributed by atoms with van der Waals surface area (Å²) in [4.78, 5) is 29.5. The molecular formula is C18H24N2O4. The molecule has 24 heavy (non-hydrogen) atoms. The fourth-order valence-electron chi connectivity index (χ4n) is 2.95. The largest absolute Gasteiger partial charge is 0.467 e. The van der Waals surface area contributed by atoms with E-state index in [0.29, 0.717) is 34.7 Å². The first-order valence-electron chi connectivity index (χ1n) is 8.04. The molecule has 0 bridgehead atoms. The van der Waals surface area contributed by atoms with Gasteiger partial charge in [0, 0.05) is 12.6 Å². The van der Waals surface area contributed by atoms with Crippen molar-refractivity contribution >= 4 is 11.7 Å². The number of furan rings is 1. The molecule has 0 spiro atoms. The smallest absolute Gasteiger partial charge is 0.256 e. The average Bonchev–Trinajstić information content (AvgIpc) is 3.15. The number of carbonyl (C=O) groups excluding carboxylic acids is 2. The molecule has 2 aromatic heterocycles. The van der Waals surface area contributed by atoms with Gasteiger partial charge < -0.3 is 19.4 Å². The van der Waals surface area contributed by atoms with Gasteiger partial charge in [0.2, 0.25) is 0 Å². The molecule has 1 atom stereocenters. The van der Waals surface area contributed by atoms with Gasteiger partial charge in [0.25, 0.3) is 5.91 Å². The van der Waals surface area contributed by atoms with E-state index >= 15 is 0 Å². The van der Waals surface area contributed by atoms with Gasteiger partial charge in [0.1, 0.15) is 5.76 Å². The molecule has 2 N–H and O–H groups in total. The molecule has 2 heterocycles. The Balaban J connectivity index is 2.42. The van der Waals surface area contributed by atoms with Crippen molar-refractivity contribution in [2.45, 2.75) is 46.7 Å². The molecule has 0 aliphatic heterocycles. The summed E-state index contributed by atoms with van der Waals surface area (Å²) in [6, 6.07) is 3.23. The quantitative estimate of drug-likeness (QED) is 0.763. The van der Waals surface area contributed by atoms with Crippen LogP contribution in [-0.2, 0) is 6.54 Å². The summed E-state index contributed by atoms with van der Waals surface area (Å²) in [6.45, 7) is 7.06. The highest BCUT2D eigenvalue weighted by Crippen LogP contribution is 2.23. The molecule has 2 rings (SSSR count). The van der Waals surface area contributed by atoms with Crippen molar-refractivity contribution in [1.82, 2.24) is 9.88 Å². The van der Waals surface area contributed by atoms with Crippen LogP contribution in [0.3, 0.4) is 0 Å². The molecule has 0 aromatic carbocycles. The predicted molar refractivity (Wildman–Crippen MR) is 90.0 cm³/mol. The lowest BCUT2D eigenvalue weighted by atomic mass is 10.1. The van der Waals surface area contributed by atoms with Gasteiger partial charge >= 0.3 is 0 Å². The number of aliphatic hydroxyl groups is 1. The Morgan fingerprint density at radius 1 is 1.38 bits per heavy atom. The first kappa shape index (κ1) is 18.0. The topological polar surface area (TPSA) is 86.5 Å². The summed E-state index contributed by atoms with van der Waals surface area (Å²) < 4.78 is 5.36. The lowest BCUT2D eigenvalue weighted by Crippen LogP contribution is -2.42. The van der Waals surface area contributed by atoms with Crippen LogP contribution in [0.15, 0.2) is 22.8 Å². The van der Waals surface area contributed by atoms with Gasteiger partial charge in [-0.3, -0.25) is 9.59 Å². The third kappa shape index (κ3) is 3.43. The molecule has 0 radical (unpaired) electrons. The molecule has 130 valence electrons. The molecule has 0 aliphatic carbocycles. The minimum atomic E-state index is -0.322. The third-order valence-corrected chi connectivity index (χ3v) is 4.29. The molecule has 0 aliphatic rings. The molecule has 2 aromatic rings. The highest BCUT2D eigenvalue weighted by molar-refractivity contribution is 6.02. The number of H-pyrrole nitrogens is 1. The van der Waals surface area contributed by atoms with Gasteiger partial charge in [0.05, 0.1) is 36.7 Å². The molecule has 0 fully saturated rings. The first-order valence-corrected chi connectivity index (χ1v) is 8.04. The van der Waals surface area contributed by atoms with Gasteiger partial charge in [-0.25, -0.2) is 0 Å². The lowest BCUT2D eigenvalue weighted by Gasteiger charge is -2.29. The van der Waals surface area contributed by atoms with Crippen LogP contribution in [0.25, 0.3) is 0 Å². The summed E-state index contributed by atoms with van der Waals surface area (Å²) in [5.41, 5.74) is 2.23. The number of aryl methyl sites for hydroxylation is 1. The van der Waals surface area contributed by atoms with Crippen LogP contribution < -0.4 is 0 Å². The Hall–Kier alpha value is -2.34. The fraction of sp³-hybridized carbons (Fsp3) is 0.444. The molecule has 0 unspecified atom stereocenters. The van der Waals surface area contributed by atoms with E-state index in [1.807, 2.05) is 6.92 Å². The normalized spacial score (nSPS) is 12.2. The van der Waals surface area contributed by atoms with Crippen LogP contribution >= 0.6 is 0 Å². The molecule has 1 amide bonds. The zero-order valence-corrected chi connectivity index (χ0v) is 14.5. The third-order valence-electron chi connectivity index (χ3n) is 4.29. The maximum atomic E-state index is 13.1. The number of aliphatic hydroxyl groups excluding tert-OH is 1. The number of ketones is 1. The highest BCUT2D eigenvalue weighted by Gasteiger charge is 2.29. The van der Waals surface area contributed by atoms with Crippen molar-refractivity contribution in [1.29, 1.82) is 0 Å². The van der Waals surface area contributed by atoms with Crippen molar-refractivity contribution in [3.8, 4) is 0 Å². The van der Waals surface area contributed by atoms with Gasteiger partial charge in [-0.2, -0.15) is 0 Å². The molecule has 0 saturated carbocycles. The van der Waals surface area contributed by atoms with Crippen LogP contribution in [0.5, 0.6) is 0 Å². The molecular weight excluding hydrogens is 308 g/mol. The minimum Gasteiger partial charge on any atom is -0.467 e. The zero-order chi connectivity index (χ0) is 17.9. The van der Waals surface area contributed by atoms with Crippen molar-refractivity contribution in [2.75, 3.05) is 6.61 Å². The average molecular weight is 332 g/mol. The maximum Gasteiger partial charge on any atom is 0.256 e. The Kier molecular flexibility index (Phi) is 5.62.